The highest BCUT2D eigenvalue weighted by atomic mass is 79.9. The van der Waals surface area contributed by atoms with Gasteiger partial charge in [-0.2, -0.15) is 4.98 Å². The molecule has 0 amide bonds. The summed E-state index contributed by atoms with van der Waals surface area (Å²) >= 11 is 4.74. The molecule has 0 saturated carbocycles. The van der Waals surface area contributed by atoms with Gasteiger partial charge in [0.05, 0.1) is 0 Å². The summed E-state index contributed by atoms with van der Waals surface area (Å²) in [5.74, 6) is 0.340. The first-order chi connectivity index (χ1) is 10.6. The van der Waals surface area contributed by atoms with E-state index in [1.807, 2.05) is 42.6 Å². The van der Waals surface area contributed by atoms with E-state index in [1.165, 1.54) is 11.3 Å². The summed E-state index contributed by atoms with van der Waals surface area (Å²) in [4.78, 5) is 16.7. The lowest BCUT2D eigenvalue weighted by Gasteiger charge is -2.00. The zero-order valence-corrected chi connectivity index (χ0v) is 14.0. The number of ether oxygens (including phenoxy) is 1. The second kappa shape index (κ2) is 6.41. The summed E-state index contributed by atoms with van der Waals surface area (Å²) in [6, 6.07) is 9.43. The number of hydrogen-bond donors (Lipinski definition) is 0. The van der Waals surface area contributed by atoms with Gasteiger partial charge >= 0.3 is 5.97 Å². The Labute approximate surface area is 139 Å². The van der Waals surface area contributed by atoms with Gasteiger partial charge in [-0.05, 0) is 36.1 Å². The number of aryl methyl sites for hydroxylation is 1. The first-order valence-corrected chi connectivity index (χ1v) is 8.10. The average molecular weight is 379 g/mol. The number of rotatable bonds is 4. The third kappa shape index (κ3) is 3.26. The molecule has 0 aliphatic heterocycles. The summed E-state index contributed by atoms with van der Waals surface area (Å²) in [6.45, 7) is 1.82. The van der Waals surface area contributed by atoms with Gasteiger partial charge in [0.25, 0.3) is 5.89 Å². The van der Waals surface area contributed by atoms with Crippen LogP contribution in [0.1, 0.15) is 21.1 Å². The average Bonchev–Trinajstić information content (AvgIpc) is 3.14. The van der Waals surface area contributed by atoms with Crippen LogP contribution in [-0.4, -0.2) is 16.1 Å². The van der Waals surface area contributed by atoms with Gasteiger partial charge in [0, 0.05) is 10.0 Å². The van der Waals surface area contributed by atoms with Crippen LogP contribution in [0.5, 0.6) is 0 Å². The number of esters is 1. The molecule has 7 heteroatoms. The number of carbonyl (C=O) groups is 1. The maximum absolute atomic E-state index is 11.9. The maximum Gasteiger partial charge on any atom is 0.349 e. The Balaban J connectivity index is 1.67. The molecule has 0 aliphatic carbocycles. The molecule has 0 radical (unpaired) electrons. The zero-order chi connectivity index (χ0) is 15.5. The van der Waals surface area contributed by atoms with Crippen LogP contribution in [0.15, 0.2) is 44.7 Å². The molecule has 5 nitrogen and oxygen atoms in total. The van der Waals surface area contributed by atoms with Gasteiger partial charge in [-0.1, -0.05) is 33.2 Å². The number of benzene rings is 1. The summed E-state index contributed by atoms with van der Waals surface area (Å²) in [6.07, 6.45) is 0. The molecule has 0 saturated heterocycles. The van der Waals surface area contributed by atoms with Crippen LogP contribution >= 0.6 is 27.3 Å². The van der Waals surface area contributed by atoms with E-state index in [9.17, 15) is 4.79 Å². The van der Waals surface area contributed by atoms with Crippen LogP contribution < -0.4 is 0 Å². The standard InChI is InChI=1S/C15H11BrN2O3S/c1-9-5-6-22-13(9)15(19)20-8-12-17-14(18-21-12)10-3-2-4-11(16)7-10/h2-7H,8H2,1H3. The van der Waals surface area contributed by atoms with Crippen molar-refractivity contribution in [3.63, 3.8) is 0 Å². The fraction of sp³-hybridized carbons (Fsp3) is 0.133. The van der Waals surface area contributed by atoms with Gasteiger partial charge in [-0.3, -0.25) is 0 Å². The van der Waals surface area contributed by atoms with Crippen molar-refractivity contribution in [2.75, 3.05) is 0 Å². The van der Waals surface area contributed by atoms with E-state index in [4.69, 9.17) is 9.26 Å². The molecule has 0 aliphatic rings. The van der Waals surface area contributed by atoms with E-state index >= 15 is 0 Å². The predicted octanol–water partition coefficient (Wildman–Crippen LogP) is 4.23. The Bertz CT molecular complexity index is 812. The van der Waals surface area contributed by atoms with Crippen LogP contribution in [0.4, 0.5) is 0 Å². The molecule has 2 aromatic heterocycles. The Morgan fingerprint density at radius 1 is 1.41 bits per heavy atom. The Morgan fingerprint density at radius 3 is 3.00 bits per heavy atom. The van der Waals surface area contributed by atoms with E-state index < -0.39 is 0 Å². The van der Waals surface area contributed by atoms with Crippen LogP contribution in [-0.2, 0) is 11.3 Å². The van der Waals surface area contributed by atoms with Gasteiger partial charge < -0.3 is 9.26 Å². The molecule has 0 fully saturated rings. The molecule has 3 aromatic rings. The molecule has 0 atom stereocenters. The number of aromatic nitrogens is 2. The van der Waals surface area contributed by atoms with Gasteiger partial charge in [0.1, 0.15) is 4.88 Å². The highest BCUT2D eigenvalue weighted by Crippen LogP contribution is 2.21. The zero-order valence-electron chi connectivity index (χ0n) is 11.6. The van der Waals surface area contributed by atoms with Crippen molar-refractivity contribution in [1.29, 1.82) is 0 Å². The van der Waals surface area contributed by atoms with Crippen LogP contribution in [0.25, 0.3) is 11.4 Å². The van der Waals surface area contributed by atoms with Crippen molar-refractivity contribution >= 4 is 33.2 Å². The Hall–Kier alpha value is -1.99. The van der Waals surface area contributed by atoms with Crippen molar-refractivity contribution in [3.05, 3.63) is 56.5 Å². The van der Waals surface area contributed by atoms with Crippen LogP contribution in [0.2, 0.25) is 0 Å². The second-order valence-corrected chi connectivity index (χ2v) is 6.36. The molecule has 112 valence electrons. The number of hydrogen-bond acceptors (Lipinski definition) is 6. The van der Waals surface area contributed by atoms with Crippen molar-refractivity contribution in [1.82, 2.24) is 10.1 Å². The molecule has 0 N–H and O–H groups in total. The van der Waals surface area contributed by atoms with E-state index in [1.54, 1.807) is 0 Å². The summed E-state index contributed by atoms with van der Waals surface area (Å²) in [7, 11) is 0. The molecule has 0 unspecified atom stereocenters. The van der Waals surface area contributed by atoms with Crippen molar-refractivity contribution in [3.8, 4) is 11.4 Å². The number of thiophene rings is 1. The number of nitrogens with zero attached hydrogens (tertiary/aromatic N) is 2. The van der Waals surface area contributed by atoms with Crippen molar-refractivity contribution < 1.29 is 14.1 Å². The lowest BCUT2D eigenvalue weighted by Crippen LogP contribution is -2.04. The minimum absolute atomic E-state index is 0.0445. The van der Waals surface area contributed by atoms with Crippen molar-refractivity contribution in [2.24, 2.45) is 0 Å². The fourth-order valence-corrected chi connectivity index (χ4v) is 3.05. The topological polar surface area (TPSA) is 65.2 Å². The highest BCUT2D eigenvalue weighted by Gasteiger charge is 2.15. The predicted molar refractivity (Wildman–Crippen MR) is 85.6 cm³/mol. The van der Waals surface area contributed by atoms with Gasteiger partial charge in [0.15, 0.2) is 6.61 Å². The first kappa shape index (κ1) is 14.9. The molecule has 2 heterocycles. The summed E-state index contributed by atoms with van der Waals surface area (Å²) in [5, 5.41) is 5.74. The number of halogens is 1. The number of carbonyl (C=O) groups excluding carboxylic acids is 1. The smallest absolute Gasteiger partial charge is 0.349 e. The first-order valence-electron chi connectivity index (χ1n) is 6.43. The van der Waals surface area contributed by atoms with E-state index in [0.29, 0.717) is 10.7 Å². The lowest BCUT2D eigenvalue weighted by molar-refractivity contribution is 0.0435. The lowest BCUT2D eigenvalue weighted by atomic mass is 10.2. The second-order valence-electron chi connectivity index (χ2n) is 4.53. The van der Waals surface area contributed by atoms with E-state index in [-0.39, 0.29) is 18.5 Å². The highest BCUT2D eigenvalue weighted by molar-refractivity contribution is 9.10. The third-order valence-electron chi connectivity index (χ3n) is 2.93. The maximum atomic E-state index is 11.9. The molecule has 3 rings (SSSR count). The molecular formula is C15H11BrN2O3S. The monoisotopic (exact) mass is 378 g/mol. The minimum Gasteiger partial charge on any atom is -0.451 e. The largest absolute Gasteiger partial charge is 0.451 e. The molecule has 0 bridgehead atoms. The van der Waals surface area contributed by atoms with Crippen LogP contribution in [0, 0.1) is 6.92 Å². The van der Waals surface area contributed by atoms with Crippen LogP contribution in [0.3, 0.4) is 0 Å². The quantitative estimate of drug-likeness (QED) is 0.635. The fourth-order valence-electron chi connectivity index (χ4n) is 1.83. The molecule has 1 aromatic carbocycles. The third-order valence-corrected chi connectivity index (χ3v) is 4.41. The molecule has 22 heavy (non-hydrogen) atoms. The summed E-state index contributed by atoms with van der Waals surface area (Å²) < 4.78 is 11.2. The molecular weight excluding hydrogens is 368 g/mol. The van der Waals surface area contributed by atoms with E-state index in [2.05, 4.69) is 26.1 Å². The summed E-state index contributed by atoms with van der Waals surface area (Å²) in [5.41, 5.74) is 1.72. The van der Waals surface area contributed by atoms with Gasteiger partial charge in [0.2, 0.25) is 5.82 Å². The SMILES string of the molecule is Cc1ccsc1C(=O)OCc1nc(-c2cccc(Br)c2)no1. The Morgan fingerprint density at radius 2 is 2.27 bits per heavy atom. The minimum atomic E-state index is -0.380. The van der Waals surface area contributed by atoms with E-state index in [0.717, 1.165) is 15.6 Å². The Kier molecular flexibility index (Phi) is 4.35. The normalized spacial score (nSPS) is 10.6. The van der Waals surface area contributed by atoms with Gasteiger partial charge in [-0.25, -0.2) is 4.79 Å². The van der Waals surface area contributed by atoms with Gasteiger partial charge in [-0.15, -0.1) is 11.3 Å². The van der Waals surface area contributed by atoms with Crippen molar-refractivity contribution in [2.45, 2.75) is 13.5 Å². The molecule has 0 spiro atoms.